The maximum Gasteiger partial charge on any atom is 0.190 e. The van der Waals surface area contributed by atoms with Crippen LogP contribution in [0.25, 0.3) is 0 Å². The van der Waals surface area contributed by atoms with E-state index in [2.05, 4.69) is 52.9 Å². The molecule has 1 aromatic carbocycles. The van der Waals surface area contributed by atoms with Crippen molar-refractivity contribution in [2.45, 2.75) is 38.5 Å². The van der Waals surface area contributed by atoms with Crippen molar-refractivity contribution in [1.29, 1.82) is 0 Å². The van der Waals surface area contributed by atoms with E-state index in [9.17, 15) is 0 Å². The fourth-order valence-electron chi connectivity index (χ4n) is 3.21. The molecule has 1 atom stereocenters. The summed E-state index contributed by atoms with van der Waals surface area (Å²) in [5, 5.41) is 6.82. The third-order valence-corrected chi connectivity index (χ3v) is 4.96. The van der Waals surface area contributed by atoms with Crippen molar-refractivity contribution in [1.82, 2.24) is 10.6 Å². The maximum absolute atomic E-state index is 5.81. The Morgan fingerprint density at radius 2 is 1.96 bits per heavy atom. The van der Waals surface area contributed by atoms with Crippen LogP contribution in [0.2, 0.25) is 0 Å². The normalized spacial score (nSPS) is 16.4. The largest absolute Gasteiger partial charge is 0.381 e. The Morgan fingerprint density at radius 3 is 2.63 bits per heavy atom. The molecule has 154 valence electrons. The van der Waals surface area contributed by atoms with Crippen molar-refractivity contribution in [3.8, 4) is 0 Å². The average Bonchev–Trinajstić information content (AvgIpc) is 2.71. The number of halogens is 1. The van der Waals surface area contributed by atoms with Gasteiger partial charge < -0.3 is 20.1 Å². The summed E-state index contributed by atoms with van der Waals surface area (Å²) < 4.78 is 11.2. The molecule has 6 heteroatoms. The van der Waals surface area contributed by atoms with E-state index >= 15 is 0 Å². The van der Waals surface area contributed by atoms with Gasteiger partial charge in [-0.2, -0.15) is 0 Å². The predicted octanol–water partition coefficient (Wildman–Crippen LogP) is 3.80. The van der Waals surface area contributed by atoms with Gasteiger partial charge in [0.25, 0.3) is 0 Å². The van der Waals surface area contributed by atoms with Gasteiger partial charge in [0, 0.05) is 52.5 Å². The highest BCUT2D eigenvalue weighted by atomic mass is 127. The zero-order valence-corrected chi connectivity index (χ0v) is 19.1. The van der Waals surface area contributed by atoms with E-state index in [-0.39, 0.29) is 24.0 Å². The average molecular weight is 489 g/mol. The minimum absolute atomic E-state index is 0. The van der Waals surface area contributed by atoms with Crippen LogP contribution in [0.4, 0.5) is 0 Å². The molecule has 2 rings (SSSR count). The number of hydrogen-bond donors (Lipinski definition) is 2. The van der Waals surface area contributed by atoms with Crippen molar-refractivity contribution in [3.63, 3.8) is 0 Å². The molecule has 0 aliphatic carbocycles. The molecule has 0 aromatic heterocycles. The smallest absolute Gasteiger partial charge is 0.190 e. The van der Waals surface area contributed by atoms with Crippen LogP contribution < -0.4 is 10.6 Å². The van der Waals surface area contributed by atoms with Gasteiger partial charge >= 0.3 is 0 Å². The molecule has 2 N–H and O–H groups in total. The highest BCUT2D eigenvalue weighted by Gasteiger charge is 2.13. The molecule has 0 bridgehead atoms. The zero-order chi connectivity index (χ0) is 18.5. The number of rotatable bonds is 10. The molecule has 0 saturated carbocycles. The molecular weight excluding hydrogens is 453 g/mol. The highest BCUT2D eigenvalue weighted by molar-refractivity contribution is 14.0. The second kappa shape index (κ2) is 15.1. The fraction of sp³-hybridized carbons (Fsp3) is 0.667. The van der Waals surface area contributed by atoms with Crippen molar-refractivity contribution in [3.05, 3.63) is 35.9 Å². The van der Waals surface area contributed by atoms with Crippen molar-refractivity contribution >= 4 is 29.9 Å². The van der Waals surface area contributed by atoms with Crippen LogP contribution in [0, 0.1) is 5.92 Å². The van der Waals surface area contributed by atoms with E-state index in [1.54, 1.807) is 0 Å². The Balaban J connectivity index is 0.00000364. The van der Waals surface area contributed by atoms with Gasteiger partial charge in [0.15, 0.2) is 5.96 Å². The number of guanidine groups is 1. The first kappa shape index (κ1) is 24.2. The molecule has 1 unspecified atom stereocenters. The summed E-state index contributed by atoms with van der Waals surface area (Å²) in [4.78, 5) is 4.32. The molecule has 5 nitrogen and oxygen atoms in total. The lowest BCUT2D eigenvalue weighted by Crippen LogP contribution is -2.40. The lowest BCUT2D eigenvalue weighted by Gasteiger charge is -2.21. The van der Waals surface area contributed by atoms with Crippen LogP contribution in [-0.4, -0.2) is 52.5 Å². The number of hydrogen-bond acceptors (Lipinski definition) is 3. The predicted molar refractivity (Wildman–Crippen MR) is 123 cm³/mol. The number of nitrogens with one attached hydrogen (secondary N) is 2. The standard InChI is InChI=1S/C21H35N3O2.HI/c1-3-19(20-8-5-4-6-9-20)16-24-21(22-2)23-12-7-13-26-17-18-10-14-25-15-11-18;/h4-6,8-9,18-19H,3,7,10-17H2,1-2H3,(H2,22,23,24);1H. The molecule has 0 amide bonds. The van der Waals surface area contributed by atoms with Gasteiger partial charge in [-0.3, -0.25) is 4.99 Å². The van der Waals surface area contributed by atoms with E-state index in [1.165, 1.54) is 5.56 Å². The Kier molecular flexibility index (Phi) is 13.5. The maximum atomic E-state index is 5.81. The molecule has 1 heterocycles. The summed E-state index contributed by atoms with van der Waals surface area (Å²) in [5.74, 6) is 2.04. The summed E-state index contributed by atoms with van der Waals surface area (Å²) in [5.41, 5.74) is 1.37. The van der Waals surface area contributed by atoms with Crippen LogP contribution in [0.3, 0.4) is 0 Å². The summed E-state index contributed by atoms with van der Waals surface area (Å²) in [6.07, 6.45) is 4.36. The minimum atomic E-state index is 0. The molecule has 1 fully saturated rings. The summed E-state index contributed by atoms with van der Waals surface area (Å²) in [6.45, 7) is 7.43. The first-order valence-electron chi connectivity index (χ1n) is 9.98. The Labute approximate surface area is 181 Å². The van der Waals surface area contributed by atoms with Gasteiger partial charge in [0.1, 0.15) is 0 Å². The van der Waals surface area contributed by atoms with E-state index in [4.69, 9.17) is 9.47 Å². The van der Waals surface area contributed by atoms with Crippen molar-refractivity contribution in [2.24, 2.45) is 10.9 Å². The number of nitrogens with zero attached hydrogens (tertiary/aromatic N) is 1. The fourth-order valence-corrected chi connectivity index (χ4v) is 3.21. The van der Waals surface area contributed by atoms with E-state index in [0.717, 1.165) is 71.2 Å². The van der Waals surface area contributed by atoms with Gasteiger partial charge in [-0.25, -0.2) is 0 Å². The molecule has 1 aromatic rings. The zero-order valence-electron chi connectivity index (χ0n) is 16.8. The molecule has 0 radical (unpaired) electrons. The molecule has 27 heavy (non-hydrogen) atoms. The van der Waals surface area contributed by atoms with Crippen molar-refractivity contribution in [2.75, 3.05) is 46.6 Å². The number of benzene rings is 1. The van der Waals surface area contributed by atoms with Crippen LogP contribution in [0.5, 0.6) is 0 Å². The van der Waals surface area contributed by atoms with Crippen LogP contribution in [0.1, 0.15) is 44.1 Å². The Bertz CT molecular complexity index is 507. The highest BCUT2D eigenvalue weighted by Crippen LogP contribution is 2.17. The van der Waals surface area contributed by atoms with E-state index < -0.39 is 0 Å². The van der Waals surface area contributed by atoms with Gasteiger partial charge in [-0.1, -0.05) is 37.3 Å². The monoisotopic (exact) mass is 489 g/mol. The first-order valence-corrected chi connectivity index (χ1v) is 9.98. The molecule has 1 saturated heterocycles. The Morgan fingerprint density at radius 1 is 1.22 bits per heavy atom. The Hall–Kier alpha value is -0.860. The topological polar surface area (TPSA) is 54.9 Å². The van der Waals surface area contributed by atoms with E-state index in [1.807, 2.05) is 7.05 Å². The molecule has 1 aliphatic heterocycles. The van der Waals surface area contributed by atoms with Gasteiger partial charge in [0.2, 0.25) is 0 Å². The number of aliphatic imine (C=N–C) groups is 1. The van der Waals surface area contributed by atoms with E-state index in [0.29, 0.717) is 11.8 Å². The third kappa shape index (κ3) is 9.76. The lowest BCUT2D eigenvalue weighted by molar-refractivity contribution is 0.0203. The minimum Gasteiger partial charge on any atom is -0.381 e. The van der Waals surface area contributed by atoms with Crippen molar-refractivity contribution < 1.29 is 9.47 Å². The summed E-state index contributed by atoms with van der Waals surface area (Å²) in [6, 6.07) is 10.7. The van der Waals surface area contributed by atoms with Crippen LogP contribution in [-0.2, 0) is 9.47 Å². The van der Waals surface area contributed by atoms with Gasteiger partial charge in [-0.05, 0) is 37.2 Å². The molecule has 0 spiro atoms. The quantitative estimate of drug-likeness (QED) is 0.227. The molecule has 1 aliphatic rings. The SMILES string of the molecule is CCC(CNC(=NC)NCCCOCC1CCOCC1)c1ccccc1.I. The number of ether oxygens (including phenoxy) is 2. The third-order valence-electron chi connectivity index (χ3n) is 4.96. The first-order chi connectivity index (χ1) is 12.8. The summed E-state index contributed by atoms with van der Waals surface area (Å²) in [7, 11) is 1.82. The van der Waals surface area contributed by atoms with Crippen LogP contribution in [0.15, 0.2) is 35.3 Å². The second-order valence-electron chi connectivity index (χ2n) is 6.88. The van der Waals surface area contributed by atoms with Gasteiger partial charge in [-0.15, -0.1) is 24.0 Å². The lowest BCUT2D eigenvalue weighted by atomic mass is 9.97. The second-order valence-corrected chi connectivity index (χ2v) is 6.88. The molecular formula is C21H36IN3O2. The summed E-state index contributed by atoms with van der Waals surface area (Å²) >= 11 is 0. The van der Waals surface area contributed by atoms with Gasteiger partial charge in [0.05, 0.1) is 0 Å². The van der Waals surface area contributed by atoms with Crippen LogP contribution >= 0.6 is 24.0 Å².